The molecule has 112 valence electrons. The van der Waals surface area contributed by atoms with E-state index in [-0.39, 0.29) is 0 Å². The van der Waals surface area contributed by atoms with Crippen molar-refractivity contribution in [3.05, 3.63) is 65.5 Å². The van der Waals surface area contributed by atoms with E-state index >= 15 is 0 Å². The lowest BCUT2D eigenvalue weighted by molar-refractivity contribution is 0.503. The minimum atomic E-state index is 0.566. The lowest BCUT2D eigenvalue weighted by Gasteiger charge is -2.17. The van der Waals surface area contributed by atoms with E-state index in [1.165, 1.54) is 11.1 Å². The molecule has 0 saturated carbocycles. The first-order valence-electron chi connectivity index (χ1n) is 7.29. The topological polar surface area (TPSA) is 42.2 Å². The first kappa shape index (κ1) is 14.3. The number of anilines is 1. The Bertz CT molecular complexity index is 779. The van der Waals surface area contributed by atoms with Crippen LogP contribution >= 0.6 is 0 Å². The summed E-state index contributed by atoms with van der Waals surface area (Å²) < 4.78 is 5.78. The fourth-order valence-electron chi connectivity index (χ4n) is 2.37. The zero-order valence-corrected chi connectivity index (χ0v) is 13.1. The summed E-state index contributed by atoms with van der Waals surface area (Å²) in [6, 6.07) is 16.4. The van der Waals surface area contributed by atoms with Gasteiger partial charge in [0.2, 0.25) is 11.8 Å². The average Bonchev–Trinajstić information content (AvgIpc) is 2.96. The first-order valence-corrected chi connectivity index (χ1v) is 7.29. The van der Waals surface area contributed by atoms with Crippen LogP contribution in [0.4, 0.5) is 5.69 Å². The number of nitrogens with zero attached hydrogens (tertiary/aromatic N) is 3. The fourth-order valence-corrected chi connectivity index (χ4v) is 2.37. The maximum absolute atomic E-state index is 5.78. The van der Waals surface area contributed by atoms with Gasteiger partial charge in [-0.15, -0.1) is 10.2 Å². The molecule has 0 fully saturated rings. The van der Waals surface area contributed by atoms with Gasteiger partial charge in [0.05, 0.1) is 6.54 Å². The summed E-state index contributed by atoms with van der Waals surface area (Å²) in [7, 11) is 2.02. The Balaban J connectivity index is 1.77. The third-order valence-corrected chi connectivity index (χ3v) is 3.55. The van der Waals surface area contributed by atoms with Crippen molar-refractivity contribution in [3.63, 3.8) is 0 Å². The minimum absolute atomic E-state index is 0.566. The maximum Gasteiger partial charge on any atom is 0.247 e. The SMILES string of the molecule is Cc1cccc(-c2nnc(CN(C)c3cccc(C)c3)o2)c1. The lowest BCUT2D eigenvalue weighted by atomic mass is 10.1. The normalized spacial score (nSPS) is 10.7. The molecule has 0 radical (unpaired) electrons. The van der Waals surface area contributed by atoms with Gasteiger partial charge in [0.15, 0.2) is 0 Å². The molecule has 3 aromatic rings. The fraction of sp³-hybridized carbons (Fsp3) is 0.222. The van der Waals surface area contributed by atoms with E-state index in [0.717, 1.165) is 11.3 Å². The van der Waals surface area contributed by atoms with Crippen molar-refractivity contribution in [2.75, 3.05) is 11.9 Å². The summed E-state index contributed by atoms with van der Waals surface area (Å²) in [6.07, 6.45) is 0. The minimum Gasteiger partial charge on any atom is -0.419 e. The molecule has 4 nitrogen and oxygen atoms in total. The second-order valence-corrected chi connectivity index (χ2v) is 5.57. The third kappa shape index (κ3) is 3.17. The Labute approximate surface area is 130 Å². The summed E-state index contributed by atoms with van der Waals surface area (Å²) in [4.78, 5) is 2.10. The molecule has 0 aliphatic heterocycles. The van der Waals surface area contributed by atoms with Gasteiger partial charge < -0.3 is 9.32 Å². The van der Waals surface area contributed by atoms with Gasteiger partial charge in [-0.05, 0) is 43.7 Å². The molecule has 1 aromatic heterocycles. The summed E-state index contributed by atoms with van der Waals surface area (Å²) in [6.45, 7) is 4.72. The van der Waals surface area contributed by atoms with Crippen LogP contribution in [0.3, 0.4) is 0 Å². The molecule has 0 aliphatic rings. The molecule has 0 aliphatic carbocycles. The Morgan fingerprint density at radius 2 is 1.68 bits per heavy atom. The van der Waals surface area contributed by atoms with Gasteiger partial charge in [0, 0.05) is 18.3 Å². The van der Waals surface area contributed by atoms with E-state index in [2.05, 4.69) is 40.2 Å². The molecule has 0 atom stereocenters. The van der Waals surface area contributed by atoms with Crippen molar-refractivity contribution in [1.29, 1.82) is 0 Å². The molecule has 4 heteroatoms. The van der Waals surface area contributed by atoms with E-state index in [4.69, 9.17) is 4.42 Å². The zero-order valence-electron chi connectivity index (χ0n) is 13.1. The third-order valence-electron chi connectivity index (χ3n) is 3.55. The zero-order chi connectivity index (χ0) is 15.5. The molecule has 0 bridgehead atoms. The van der Waals surface area contributed by atoms with Crippen LogP contribution in [0.2, 0.25) is 0 Å². The van der Waals surface area contributed by atoms with Crippen molar-refractivity contribution in [1.82, 2.24) is 10.2 Å². The smallest absolute Gasteiger partial charge is 0.247 e. The number of aromatic nitrogens is 2. The van der Waals surface area contributed by atoms with Crippen LogP contribution in [0, 0.1) is 13.8 Å². The molecular weight excluding hydrogens is 274 g/mol. The molecule has 0 unspecified atom stereocenters. The van der Waals surface area contributed by atoms with Gasteiger partial charge in [-0.3, -0.25) is 0 Å². The number of aryl methyl sites for hydroxylation is 2. The summed E-state index contributed by atoms with van der Waals surface area (Å²) in [5.74, 6) is 1.18. The second kappa shape index (κ2) is 6.02. The average molecular weight is 293 g/mol. The number of hydrogen-bond acceptors (Lipinski definition) is 4. The van der Waals surface area contributed by atoms with Gasteiger partial charge in [0.25, 0.3) is 0 Å². The van der Waals surface area contributed by atoms with Crippen molar-refractivity contribution in [2.45, 2.75) is 20.4 Å². The Morgan fingerprint density at radius 3 is 2.41 bits per heavy atom. The molecule has 0 amide bonds. The molecule has 0 saturated heterocycles. The quantitative estimate of drug-likeness (QED) is 0.729. The van der Waals surface area contributed by atoms with E-state index in [1.807, 2.05) is 44.3 Å². The second-order valence-electron chi connectivity index (χ2n) is 5.57. The molecule has 22 heavy (non-hydrogen) atoms. The summed E-state index contributed by atoms with van der Waals surface area (Å²) >= 11 is 0. The summed E-state index contributed by atoms with van der Waals surface area (Å²) in [5, 5.41) is 8.30. The highest BCUT2D eigenvalue weighted by atomic mass is 16.4. The van der Waals surface area contributed by atoms with Crippen LogP contribution in [-0.2, 0) is 6.54 Å². The standard InChI is InChI=1S/C18H19N3O/c1-13-6-4-8-15(10-13)18-20-19-17(22-18)12-21(3)16-9-5-7-14(2)11-16/h4-11H,12H2,1-3H3. The highest BCUT2D eigenvalue weighted by Gasteiger charge is 2.11. The molecule has 3 rings (SSSR count). The predicted octanol–water partition coefficient (Wildman–Crippen LogP) is 3.99. The van der Waals surface area contributed by atoms with Crippen molar-refractivity contribution < 1.29 is 4.42 Å². The van der Waals surface area contributed by atoms with Crippen LogP contribution in [-0.4, -0.2) is 17.2 Å². The number of benzene rings is 2. The van der Waals surface area contributed by atoms with E-state index in [1.54, 1.807) is 0 Å². The number of rotatable bonds is 4. The summed E-state index contributed by atoms with van der Waals surface area (Å²) in [5.41, 5.74) is 4.50. The number of hydrogen-bond donors (Lipinski definition) is 0. The van der Waals surface area contributed by atoms with E-state index in [0.29, 0.717) is 18.3 Å². The molecule has 0 spiro atoms. The highest BCUT2D eigenvalue weighted by molar-refractivity contribution is 5.53. The van der Waals surface area contributed by atoms with Crippen LogP contribution in [0.1, 0.15) is 17.0 Å². The van der Waals surface area contributed by atoms with E-state index < -0.39 is 0 Å². The molecular formula is C18H19N3O. The largest absolute Gasteiger partial charge is 0.419 e. The first-order chi connectivity index (χ1) is 10.6. The maximum atomic E-state index is 5.78. The van der Waals surface area contributed by atoms with Crippen LogP contribution < -0.4 is 4.90 Å². The van der Waals surface area contributed by atoms with Crippen molar-refractivity contribution >= 4 is 5.69 Å². The lowest BCUT2D eigenvalue weighted by Crippen LogP contribution is -2.16. The molecule has 1 heterocycles. The highest BCUT2D eigenvalue weighted by Crippen LogP contribution is 2.21. The van der Waals surface area contributed by atoms with Crippen LogP contribution in [0.25, 0.3) is 11.5 Å². The Kier molecular flexibility index (Phi) is 3.92. The van der Waals surface area contributed by atoms with Gasteiger partial charge in [-0.2, -0.15) is 0 Å². The predicted molar refractivity (Wildman–Crippen MR) is 87.8 cm³/mol. The van der Waals surface area contributed by atoms with Crippen LogP contribution in [0.15, 0.2) is 52.9 Å². The molecule has 2 aromatic carbocycles. The van der Waals surface area contributed by atoms with Gasteiger partial charge >= 0.3 is 0 Å². The van der Waals surface area contributed by atoms with Gasteiger partial charge in [-0.1, -0.05) is 29.8 Å². The molecule has 0 N–H and O–H groups in total. The van der Waals surface area contributed by atoms with Gasteiger partial charge in [0.1, 0.15) is 0 Å². The monoisotopic (exact) mass is 293 g/mol. The van der Waals surface area contributed by atoms with Crippen LogP contribution in [0.5, 0.6) is 0 Å². The Hall–Kier alpha value is -2.62. The van der Waals surface area contributed by atoms with E-state index in [9.17, 15) is 0 Å². The van der Waals surface area contributed by atoms with Crippen molar-refractivity contribution in [3.8, 4) is 11.5 Å². The Morgan fingerprint density at radius 1 is 0.955 bits per heavy atom. The van der Waals surface area contributed by atoms with Gasteiger partial charge in [-0.25, -0.2) is 0 Å². The van der Waals surface area contributed by atoms with Crippen molar-refractivity contribution in [2.24, 2.45) is 0 Å².